The zero-order valence-corrected chi connectivity index (χ0v) is 8.80. The lowest BCUT2D eigenvalue weighted by atomic mass is 10.1. The third kappa shape index (κ3) is 1.65. The molecule has 76 valence electrons. The number of epoxide rings is 1. The predicted octanol–water partition coefficient (Wildman–Crippen LogP) is 2.43. The van der Waals surface area contributed by atoms with Gasteiger partial charge in [0.1, 0.15) is 6.10 Å². The average Bonchev–Trinajstić information content (AvgIpc) is 2.99. The summed E-state index contributed by atoms with van der Waals surface area (Å²) in [5, 5.41) is 0.633. The first-order valence-corrected chi connectivity index (χ1v) is 4.67. The highest BCUT2D eigenvalue weighted by Gasteiger charge is 2.30. The summed E-state index contributed by atoms with van der Waals surface area (Å²) in [5.74, 6) is 1.35. The number of methoxy groups -OCH3 is 2. The number of benzene rings is 1. The van der Waals surface area contributed by atoms with E-state index in [-0.39, 0.29) is 6.10 Å². The Morgan fingerprint density at radius 1 is 1.36 bits per heavy atom. The second-order valence-corrected chi connectivity index (χ2v) is 3.49. The molecule has 1 heterocycles. The van der Waals surface area contributed by atoms with Crippen molar-refractivity contribution in [3.8, 4) is 11.5 Å². The molecule has 2 rings (SSSR count). The van der Waals surface area contributed by atoms with Crippen molar-refractivity contribution in [3.63, 3.8) is 0 Å². The molecular weight excluding hydrogens is 204 g/mol. The lowest BCUT2D eigenvalue weighted by molar-refractivity contribution is 0.343. The van der Waals surface area contributed by atoms with E-state index in [4.69, 9.17) is 25.8 Å². The van der Waals surface area contributed by atoms with E-state index in [1.54, 1.807) is 20.3 Å². The average molecular weight is 215 g/mol. The maximum Gasteiger partial charge on any atom is 0.166 e. The van der Waals surface area contributed by atoms with E-state index >= 15 is 0 Å². The van der Waals surface area contributed by atoms with Gasteiger partial charge in [-0.2, -0.15) is 0 Å². The highest BCUT2D eigenvalue weighted by Crippen LogP contribution is 2.43. The van der Waals surface area contributed by atoms with Gasteiger partial charge in [0.05, 0.1) is 20.8 Å². The van der Waals surface area contributed by atoms with Gasteiger partial charge in [-0.05, 0) is 6.07 Å². The number of halogens is 1. The summed E-state index contributed by atoms with van der Waals surface area (Å²) in [4.78, 5) is 0. The smallest absolute Gasteiger partial charge is 0.166 e. The summed E-state index contributed by atoms with van der Waals surface area (Å²) in [6.45, 7) is 0.722. The monoisotopic (exact) mass is 214 g/mol. The Balaban J connectivity index is 2.49. The van der Waals surface area contributed by atoms with Crippen molar-refractivity contribution in [2.24, 2.45) is 0 Å². The molecule has 1 aromatic carbocycles. The van der Waals surface area contributed by atoms with Crippen molar-refractivity contribution in [1.29, 1.82) is 0 Å². The third-order valence-electron chi connectivity index (χ3n) is 2.15. The largest absolute Gasteiger partial charge is 0.493 e. The molecule has 1 unspecified atom stereocenters. The molecule has 4 heteroatoms. The summed E-state index contributed by atoms with van der Waals surface area (Å²) >= 11 is 5.94. The summed E-state index contributed by atoms with van der Waals surface area (Å²) in [7, 11) is 3.20. The van der Waals surface area contributed by atoms with Crippen molar-refractivity contribution in [3.05, 3.63) is 22.7 Å². The minimum atomic E-state index is 0.109. The van der Waals surface area contributed by atoms with Crippen LogP contribution in [-0.4, -0.2) is 20.8 Å². The van der Waals surface area contributed by atoms with Crippen LogP contribution in [0.25, 0.3) is 0 Å². The van der Waals surface area contributed by atoms with Gasteiger partial charge in [0, 0.05) is 16.7 Å². The van der Waals surface area contributed by atoms with E-state index < -0.39 is 0 Å². The first-order chi connectivity index (χ1) is 6.76. The fraction of sp³-hybridized carbons (Fsp3) is 0.400. The topological polar surface area (TPSA) is 31.0 Å². The molecule has 0 spiro atoms. The molecule has 1 aliphatic rings. The van der Waals surface area contributed by atoms with Gasteiger partial charge >= 0.3 is 0 Å². The second-order valence-electron chi connectivity index (χ2n) is 3.05. The van der Waals surface area contributed by atoms with E-state index in [0.717, 1.165) is 12.2 Å². The molecule has 1 atom stereocenters. The molecule has 0 saturated carbocycles. The Hall–Kier alpha value is -0.930. The van der Waals surface area contributed by atoms with Gasteiger partial charge in [0.15, 0.2) is 11.5 Å². The third-order valence-corrected chi connectivity index (χ3v) is 2.37. The first-order valence-electron chi connectivity index (χ1n) is 4.29. The van der Waals surface area contributed by atoms with Crippen LogP contribution in [0.3, 0.4) is 0 Å². The number of hydrogen-bond donors (Lipinski definition) is 0. The molecule has 14 heavy (non-hydrogen) atoms. The zero-order chi connectivity index (χ0) is 10.1. The summed E-state index contributed by atoms with van der Waals surface area (Å²) < 4.78 is 15.6. The fourth-order valence-electron chi connectivity index (χ4n) is 1.43. The zero-order valence-electron chi connectivity index (χ0n) is 8.04. The fourth-order valence-corrected chi connectivity index (χ4v) is 1.64. The maximum atomic E-state index is 5.94. The Bertz CT molecular complexity index is 347. The molecule has 3 nitrogen and oxygen atoms in total. The lowest BCUT2D eigenvalue weighted by Crippen LogP contribution is -1.95. The van der Waals surface area contributed by atoms with Gasteiger partial charge in [-0.25, -0.2) is 0 Å². The molecule has 0 amide bonds. The molecule has 0 aliphatic carbocycles. The van der Waals surface area contributed by atoms with Gasteiger partial charge in [-0.15, -0.1) is 0 Å². The van der Waals surface area contributed by atoms with Crippen LogP contribution in [0, 0.1) is 0 Å². The summed E-state index contributed by atoms with van der Waals surface area (Å²) in [5.41, 5.74) is 0.955. The Morgan fingerprint density at radius 3 is 2.57 bits per heavy atom. The Labute approximate surface area is 87.5 Å². The van der Waals surface area contributed by atoms with Crippen LogP contribution in [0.15, 0.2) is 12.1 Å². The maximum absolute atomic E-state index is 5.94. The van der Waals surface area contributed by atoms with Crippen LogP contribution in [0.4, 0.5) is 0 Å². The van der Waals surface area contributed by atoms with Gasteiger partial charge < -0.3 is 14.2 Å². The molecule has 1 aromatic rings. The van der Waals surface area contributed by atoms with Crippen molar-refractivity contribution in [1.82, 2.24) is 0 Å². The normalized spacial score (nSPS) is 19.2. The summed E-state index contributed by atoms with van der Waals surface area (Å²) in [6, 6.07) is 3.58. The van der Waals surface area contributed by atoms with Crippen molar-refractivity contribution in [2.75, 3.05) is 20.8 Å². The van der Waals surface area contributed by atoms with Crippen LogP contribution in [-0.2, 0) is 4.74 Å². The Kier molecular flexibility index (Phi) is 2.52. The van der Waals surface area contributed by atoms with Gasteiger partial charge in [0.25, 0.3) is 0 Å². The standard InChI is InChI=1S/C10H11ClO3/c1-12-8-4-6(11)3-7(9-5-14-9)10(8)13-2/h3-4,9H,5H2,1-2H3. The number of rotatable bonds is 3. The highest BCUT2D eigenvalue weighted by molar-refractivity contribution is 6.30. The van der Waals surface area contributed by atoms with Gasteiger partial charge in [0.2, 0.25) is 0 Å². The highest BCUT2D eigenvalue weighted by atomic mass is 35.5. The van der Waals surface area contributed by atoms with Crippen molar-refractivity contribution in [2.45, 2.75) is 6.10 Å². The Morgan fingerprint density at radius 2 is 2.07 bits per heavy atom. The lowest BCUT2D eigenvalue weighted by Gasteiger charge is -2.11. The van der Waals surface area contributed by atoms with Gasteiger partial charge in [-0.1, -0.05) is 11.6 Å². The molecule has 0 aromatic heterocycles. The molecule has 1 aliphatic heterocycles. The van der Waals surface area contributed by atoms with Crippen molar-refractivity contribution < 1.29 is 14.2 Å². The van der Waals surface area contributed by atoms with Crippen LogP contribution in [0.1, 0.15) is 11.7 Å². The van der Waals surface area contributed by atoms with E-state index in [1.165, 1.54) is 0 Å². The quantitative estimate of drug-likeness (QED) is 0.725. The molecule has 1 saturated heterocycles. The van der Waals surface area contributed by atoms with E-state index in [9.17, 15) is 0 Å². The predicted molar refractivity (Wildman–Crippen MR) is 53.2 cm³/mol. The van der Waals surface area contributed by atoms with Crippen LogP contribution in [0.5, 0.6) is 11.5 Å². The summed E-state index contributed by atoms with van der Waals surface area (Å²) in [6.07, 6.45) is 0.109. The van der Waals surface area contributed by atoms with E-state index in [0.29, 0.717) is 16.5 Å². The molecular formula is C10H11ClO3. The van der Waals surface area contributed by atoms with Crippen molar-refractivity contribution >= 4 is 11.6 Å². The van der Waals surface area contributed by atoms with Crippen LogP contribution >= 0.6 is 11.6 Å². The SMILES string of the molecule is COc1cc(Cl)cc(C2CO2)c1OC. The van der Waals surface area contributed by atoms with E-state index in [1.807, 2.05) is 6.07 Å². The molecule has 0 radical (unpaired) electrons. The number of ether oxygens (including phenoxy) is 3. The minimum absolute atomic E-state index is 0.109. The van der Waals surface area contributed by atoms with Gasteiger partial charge in [-0.3, -0.25) is 0 Å². The van der Waals surface area contributed by atoms with E-state index in [2.05, 4.69) is 0 Å². The first kappa shape index (κ1) is 9.62. The molecule has 1 fully saturated rings. The molecule has 0 bridgehead atoms. The second kappa shape index (κ2) is 3.67. The van der Waals surface area contributed by atoms with Crippen LogP contribution < -0.4 is 9.47 Å². The van der Waals surface area contributed by atoms with Crippen LogP contribution in [0.2, 0.25) is 5.02 Å². The molecule has 0 N–H and O–H groups in total. The number of hydrogen-bond acceptors (Lipinski definition) is 3. The minimum Gasteiger partial charge on any atom is -0.493 e.